The normalized spacial score (nSPS) is 16.1. The van der Waals surface area contributed by atoms with Gasteiger partial charge in [0.15, 0.2) is 0 Å². The molecule has 1 amide bonds. The van der Waals surface area contributed by atoms with Gasteiger partial charge in [-0.3, -0.25) is 10.1 Å². The summed E-state index contributed by atoms with van der Waals surface area (Å²) < 4.78 is 5.06. The van der Waals surface area contributed by atoms with Crippen LogP contribution < -0.4 is 5.32 Å². The number of nitrogens with zero attached hydrogens (tertiary/aromatic N) is 1. The van der Waals surface area contributed by atoms with E-state index in [0.717, 1.165) is 12.1 Å². The molecule has 0 radical (unpaired) electrons. The first-order chi connectivity index (χ1) is 7.29. The van der Waals surface area contributed by atoms with E-state index >= 15 is 0 Å². The van der Waals surface area contributed by atoms with E-state index in [0.29, 0.717) is 18.2 Å². The molecule has 4 heteroatoms. The summed E-state index contributed by atoms with van der Waals surface area (Å²) in [7, 11) is 0. The van der Waals surface area contributed by atoms with Crippen molar-refractivity contribution in [3.05, 3.63) is 11.8 Å². The average molecular weight is 208 g/mol. The highest BCUT2D eigenvalue weighted by molar-refractivity contribution is 5.89. The van der Waals surface area contributed by atoms with E-state index in [-0.39, 0.29) is 5.91 Å². The van der Waals surface area contributed by atoms with Crippen LogP contribution in [-0.4, -0.2) is 11.1 Å². The van der Waals surface area contributed by atoms with Crippen molar-refractivity contribution in [2.75, 3.05) is 5.32 Å². The molecule has 0 atom stereocenters. The van der Waals surface area contributed by atoms with E-state index in [9.17, 15) is 4.79 Å². The Morgan fingerprint density at radius 2 is 2.47 bits per heavy atom. The van der Waals surface area contributed by atoms with Gasteiger partial charge in [-0.1, -0.05) is 18.5 Å². The monoisotopic (exact) mass is 208 g/mol. The minimum atomic E-state index is -0.00573. The lowest BCUT2D eigenvalue weighted by atomic mass is 9.83. The van der Waals surface area contributed by atoms with Gasteiger partial charge in [-0.05, 0) is 19.3 Å². The highest BCUT2D eigenvalue weighted by atomic mass is 16.5. The van der Waals surface area contributed by atoms with Crippen LogP contribution in [0.4, 0.5) is 5.88 Å². The number of aromatic nitrogens is 1. The molecule has 0 aromatic carbocycles. The zero-order chi connectivity index (χ0) is 10.7. The SMILES string of the molecule is CCCC(=O)Nc1cc(C2CCC2)no1. The summed E-state index contributed by atoms with van der Waals surface area (Å²) in [6.07, 6.45) is 5.02. The molecule has 4 nitrogen and oxygen atoms in total. The van der Waals surface area contributed by atoms with Crippen LogP contribution in [0, 0.1) is 0 Å². The number of anilines is 1. The first kappa shape index (κ1) is 10.2. The molecule has 82 valence electrons. The average Bonchev–Trinajstić information content (AvgIpc) is 2.50. The Labute approximate surface area is 89.0 Å². The van der Waals surface area contributed by atoms with Gasteiger partial charge in [-0.15, -0.1) is 0 Å². The smallest absolute Gasteiger partial charge is 0.231 e. The van der Waals surface area contributed by atoms with Crippen molar-refractivity contribution >= 4 is 11.8 Å². The number of carbonyl (C=O) groups is 1. The van der Waals surface area contributed by atoms with Crippen molar-refractivity contribution in [3.63, 3.8) is 0 Å². The molecule has 15 heavy (non-hydrogen) atoms. The Balaban J connectivity index is 1.91. The van der Waals surface area contributed by atoms with Crippen LogP contribution in [0.1, 0.15) is 50.6 Å². The van der Waals surface area contributed by atoms with Gasteiger partial charge in [0.25, 0.3) is 0 Å². The van der Waals surface area contributed by atoms with E-state index in [1.165, 1.54) is 19.3 Å². The molecule has 1 heterocycles. The lowest BCUT2D eigenvalue weighted by Gasteiger charge is -2.22. The Hall–Kier alpha value is -1.32. The van der Waals surface area contributed by atoms with Crippen LogP contribution in [0.25, 0.3) is 0 Å². The summed E-state index contributed by atoms with van der Waals surface area (Å²) in [6, 6.07) is 1.84. The molecule has 0 aliphatic heterocycles. The molecule has 2 rings (SSSR count). The van der Waals surface area contributed by atoms with Crippen LogP contribution >= 0.6 is 0 Å². The first-order valence-electron chi connectivity index (χ1n) is 5.56. The summed E-state index contributed by atoms with van der Waals surface area (Å²) in [5, 5.41) is 6.66. The molecule has 0 spiro atoms. The Morgan fingerprint density at radius 3 is 3.07 bits per heavy atom. The van der Waals surface area contributed by atoms with Crippen LogP contribution in [-0.2, 0) is 4.79 Å². The summed E-state index contributed by atoms with van der Waals surface area (Å²) in [6.45, 7) is 1.97. The maximum Gasteiger partial charge on any atom is 0.231 e. The van der Waals surface area contributed by atoms with Gasteiger partial charge in [-0.25, -0.2) is 0 Å². The van der Waals surface area contributed by atoms with Gasteiger partial charge in [0.2, 0.25) is 11.8 Å². The molecule has 1 aliphatic rings. The Kier molecular flexibility index (Phi) is 3.04. The minimum absolute atomic E-state index is 0.00573. The van der Waals surface area contributed by atoms with E-state index in [1.807, 2.05) is 13.0 Å². The predicted molar refractivity (Wildman–Crippen MR) is 56.6 cm³/mol. The highest BCUT2D eigenvalue weighted by Gasteiger charge is 2.23. The van der Waals surface area contributed by atoms with E-state index in [2.05, 4.69) is 10.5 Å². The maximum absolute atomic E-state index is 11.3. The molecule has 0 unspecified atom stereocenters. The number of rotatable bonds is 4. The lowest BCUT2D eigenvalue weighted by molar-refractivity contribution is -0.116. The molecule has 1 aromatic rings. The fraction of sp³-hybridized carbons (Fsp3) is 0.636. The third kappa shape index (κ3) is 2.37. The molecule has 0 bridgehead atoms. The molecule has 1 fully saturated rings. The highest BCUT2D eigenvalue weighted by Crippen LogP contribution is 2.36. The zero-order valence-electron chi connectivity index (χ0n) is 8.95. The number of hydrogen-bond acceptors (Lipinski definition) is 3. The number of carbonyl (C=O) groups excluding carboxylic acids is 1. The second kappa shape index (κ2) is 4.47. The Morgan fingerprint density at radius 1 is 1.67 bits per heavy atom. The fourth-order valence-electron chi connectivity index (χ4n) is 1.67. The number of hydrogen-bond donors (Lipinski definition) is 1. The topological polar surface area (TPSA) is 55.1 Å². The molecule has 0 saturated heterocycles. The molecule has 1 aliphatic carbocycles. The van der Waals surface area contributed by atoms with Gasteiger partial charge < -0.3 is 4.52 Å². The summed E-state index contributed by atoms with van der Waals surface area (Å²) in [5.41, 5.74) is 0.980. The van der Waals surface area contributed by atoms with Crippen molar-refractivity contribution in [1.29, 1.82) is 0 Å². The van der Waals surface area contributed by atoms with Crippen molar-refractivity contribution in [3.8, 4) is 0 Å². The second-order valence-electron chi connectivity index (χ2n) is 4.04. The third-order valence-electron chi connectivity index (χ3n) is 2.79. The molecular weight excluding hydrogens is 192 g/mol. The summed E-state index contributed by atoms with van der Waals surface area (Å²) in [4.78, 5) is 11.3. The third-order valence-corrected chi connectivity index (χ3v) is 2.79. The fourth-order valence-corrected chi connectivity index (χ4v) is 1.67. The van der Waals surface area contributed by atoms with Crippen molar-refractivity contribution in [2.45, 2.75) is 44.9 Å². The number of nitrogens with one attached hydrogen (secondary N) is 1. The van der Waals surface area contributed by atoms with E-state index < -0.39 is 0 Å². The quantitative estimate of drug-likeness (QED) is 0.827. The van der Waals surface area contributed by atoms with Crippen LogP contribution in [0.2, 0.25) is 0 Å². The molecule has 1 aromatic heterocycles. The molecule has 1 saturated carbocycles. The molecular formula is C11H16N2O2. The van der Waals surface area contributed by atoms with Gasteiger partial charge in [0.05, 0.1) is 5.69 Å². The second-order valence-corrected chi connectivity index (χ2v) is 4.04. The van der Waals surface area contributed by atoms with Gasteiger partial charge >= 0.3 is 0 Å². The predicted octanol–water partition coefficient (Wildman–Crippen LogP) is 2.68. The van der Waals surface area contributed by atoms with Crippen LogP contribution in [0.15, 0.2) is 10.6 Å². The summed E-state index contributed by atoms with van der Waals surface area (Å²) in [5.74, 6) is 1.02. The maximum atomic E-state index is 11.3. The first-order valence-corrected chi connectivity index (χ1v) is 5.56. The number of amides is 1. The van der Waals surface area contributed by atoms with Crippen molar-refractivity contribution in [1.82, 2.24) is 5.16 Å². The standard InChI is InChI=1S/C11H16N2O2/c1-2-4-10(14)12-11-7-9(13-15-11)8-5-3-6-8/h7-8H,2-6H2,1H3,(H,12,14). The molecule has 1 N–H and O–H groups in total. The summed E-state index contributed by atoms with van der Waals surface area (Å²) >= 11 is 0. The van der Waals surface area contributed by atoms with E-state index in [1.54, 1.807) is 0 Å². The van der Waals surface area contributed by atoms with Gasteiger partial charge in [-0.2, -0.15) is 0 Å². The Bertz CT molecular complexity index is 342. The van der Waals surface area contributed by atoms with Crippen LogP contribution in [0.5, 0.6) is 0 Å². The van der Waals surface area contributed by atoms with Crippen molar-refractivity contribution in [2.24, 2.45) is 0 Å². The zero-order valence-corrected chi connectivity index (χ0v) is 8.95. The van der Waals surface area contributed by atoms with Crippen LogP contribution in [0.3, 0.4) is 0 Å². The van der Waals surface area contributed by atoms with Gasteiger partial charge in [0, 0.05) is 18.4 Å². The largest absolute Gasteiger partial charge is 0.338 e. The van der Waals surface area contributed by atoms with Crippen molar-refractivity contribution < 1.29 is 9.32 Å². The lowest BCUT2D eigenvalue weighted by Crippen LogP contribution is -2.10. The van der Waals surface area contributed by atoms with E-state index in [4.69, 9.17) is 4.52 Å². The minimum Gasteiger partial charge on any atom is -0.338 e. The van der Waals surface area contributed by atoms with Gasteiger partial charge in [0.1, 0.15) is 0 Å².